The summed E-state index contributed by atoms with van der Waals surface area (Å²) in [7, 11) is -3.02. The minimum Gasteiger partial charge on any atom is -0.465 e. The number of methoxy groups -OCH3 is 1. The van der Waals surface area contributed by atoms with E-state index in [0.717, 1.165) is 20.0 Å². The Hall–Kier alpha value is -1.36. The number of esters is 1. The van der Waals surface area contributed by atoms with Crippen molar-refractivity contribution in [3.05, 3.63) is 27.3 Å². The molecule has 0 saturated heterocycles. The Labute approximate surface area is 143 Å². The van der Waals surface area contributed by atoms with E-state index in [-0.39, 0.29) is 10.5 Å². The van der Waals surface area contributed by atoms with Crippen LogP contribution in [0.1, 0.15) is 30.1 Å². The van der Waals surface area contributed by atoms with Gasteiger partial charge in [0.05, 0.1) is 12.7 Å². The molecule has 0 heterocycles. The van der Waals surface area contributed by atoms with Gasteiger partial charge in [0, 0.05) is 10.1 Å². The molecule has 0 bridgehead atoms. The highest BCUT2D eigenvalue weighted by Gasteiger charge is 2.25. The molecule has 0 saturated carbocycles. The van der Waals surface area contributed by atoms with Crippen LogP contribution in [-0.4, -0.2) is 34.1 Å². The van der Waals surface area contributed by atoms with E-state index < -0.39 is 22.0 Å². The Morgan fingerprint density at radius 2 is 2.00 bits per heavy atom. The molecule has 0 fully saturated rings. The van der Waals surface area contributed by atoms with Gasteiger partial charge in [-0.25, -0.2) is 22.7 Å². The molecule has 2 N–H and O–H groups in total. The monoisotopic (exact) mass is 440 g/mol. The van der Waals surface area contributed by atoms with Crippen LogP contribution in [-0.2, 0) is 14.8 Å². The zero-order chi connectivity index (χ0) is 16.8. The van der Waals surface area contributed by atoms with Crippen LogP contribution in [0.5, 0.6) is 0 Å². The molecule has 1 aromatic carbocycles. The lowest BCUT2D eigenvalue weighted by Gasteiger charge is -2.11. The fourth-order valence-electron chi connectivity index (χ4n) is 1.59. The van der Waals surface area contributed by atoms with Gasteiger partial charge in [-0.05, 0) is 47.2 Å². The predicted molar refractivity (Wildman–Crippen MR) is 89.1 cm³/mol. The SMILES string of the molecule is CCCCNC(=O)NS(=O)(=O)c1cc(I)ccc1C(=O)OC. The molecule has 0 aromatic heterocycles. The van der Waals surface area contributed by atoms with Gasteiger partial charge in [0.15, 0.2) is 0 Å². The highest BCUT2D eigenvalue weighted by molar-refractivity contribution is 14.1. The summed E-state index contributed by atoms with van der Waals surface area (Å²) in [6.07, 6.45) is 1.61. The van der Waals surface area contributed by atoms with E-state index >= 15 is 0 Å². The zero-order valence-electron chi connectivity index (χ0n) is 12.2. The molecule has 0 aliphatic heterocycles. The van der Waals surface area contributed by atoms with Crippen LogP contribution in [0, 0.1) is 3.57 Å². The molecule has 0 spiro atoms. The molecule has 1 aromatic rings. The molecule has 0 aliphatic rings. The largest absolute Gasteiger partial charge is 0.465 e. The number of ether oxygens (including phenoxy) is 1. The van der Waals surface area contributed by atoms with Crippen LogP contribution in [0.25, 0.3) is 0 Å². The summed E-state index contributed by atoms with van der Waals surface area (Å²) in [6.45, 7) is 2.32. The van der Waals surface area contributed by atoms with E-state index in [0.29, 0.717) is 10.1 Å². The highest BCUT2D eigenvalue weighted by Crippen LogP contribution is 2.20. The van der Waals surface area contributed by atoms with E-state index in [1.165, 1.54) is 12.1 Å². The van der Waals surface area contributed by atoms with Gasteiger partial charge in [-0.3, -0.25) is 0 Å². The zero-order valence-corrected chi connectivity index (χ0v) is 15.2. The Bertz CT molecular complexity index is 660. The molecule has 1 rings (SSSR count). The molecule has 0 aliphatic carbocycles. The van der Waals surface area contributed by atoms with E-state index in [4.69, 9.17) is 0 Å². The van der Waals surface area contributed by atoms with Crippen molar-refractivity contribution in [2.24, 2.45) is 0 Å². The second-order valence-electron chi connectivity index (χ2n) is 4.35. The molecule has 7 nitrogen and oxygen atoms in total. The van der Waals surface area contributed by atoms with Crippen LogP contribution in [0.3, 0.4) is 0 Å². The Kier molecular flexibility index (Phi) is 7.07. The Balaban J connectivity index is 3.04. The Morgan fingerprint density at radius 1 is 1.32 bits per heavy atom. The van der Waals surface area contributed by atoms with Gasteiger partial charge in [-0.15, -0.1) is 0 Å². The number of halogens is 1. The summed E-state index contributed by atoms with van der Waals surface area (Å²) >= 11 is 1.91. The third-order valence-corrected chi connectivity index (χ3v) is 4.72. The second-order valence-corrected chi connectivity index (χ2v) is 7.24. The van der Waals surface area contributed by atoms with Gasteiger partial charge in [0.2, 0.25) is 0 Å². The third kappa shape index (κ3) is 5.13. The lowest BCUT2D eigenvalue weighted by Crippen LogP contribution is -2.40. The molecular formula is C13H17IN2O5S. The number of nitrogens with one attached hydrogen (secondary N) is 2. The summed E-state index contributed by atoms with van der Waals surface area (Å²) in [4.78, 5) is 23.0. The highest BCUT2D eigenvalue weighted by atomic mass is 127. The minimum atomic E-state index is -4.17. The molecule has 9 heteroatoms. The van der Waals surface area contributed by atoms with Crippen molar-refractivity contribution in [2.75, 3.05) is 13.7 Å². The molecular weight excluding hydrogens is 423 g/mol. The maximum absolute atomic E-state index is 12.3. The lowest BCUT2D eigenvalue weighted by atomic mass is 10.2. The summed E-state index contributed by atoms with van der Waals surface area (Å²) in [5, 5.41) is 2.44. The van der Waals surface area contributed by atoms with Gasteiger partial charge in [-0.2, -0.15) is 0 Å². The van der Waals surface area contributed by atoms with Crippen molar-refractivity contribution in [3.8, 4) is 0 Å². The molecule has 0 radical (unpaired) electrons. The van der Waals surface area contributed by atoms with Crippen molar-refractivity contribution in [2.45, 2.75) is 24.7 Å². The standard InChI is InChI=1S/C13H17IN2O5S/c1-3-4-7-15-13(18)16-22(19,20)11-8-9(14)5-6-10(11)12(17)21-2/h5-6,8H,3-4,7H2,1-2H3,(H2,15,16,18). The first-order valence-corrected chi connectivity index (χ1v) is 9.06. The average Bonchev–Trinajstić information content (AvgIpc) is 2.46. The smallest absolute Gasteiger partial charge is 0.339 e. The van der Waals surface area contributed by atoms with Crippen LogP contribution >= 0.6 is 22.6 Å². The van der Waals surface area contributed by atoms with Gasteiger partial charge in [0.1, 0.15) is 4.90 Å². The van der Waals surface area contributed by atoms with Gasteiger partial charge in [-0.1, -0.05) is 13.3 Å². The van der Waals surface area contributed by atoms with Crippen molar-refractivity contribution < 1.29 is 22.7 Å². The van der Waals surface area contributed by atoms with Crippen molar-refractivity contribution in [1.29, 1.82) is 0 Å². The molecule has 2 amide bonds. The molecule has 0 unspecified atom stereocenters. The fourth-order valence-corrected chi connectivity index (χ4v) is 3.44. The summed E-state index contributed by atoms with van der Waals surface area (Å²) in [5.41, 5.74) is -0.128. The van der Waals surface area contributed by atoms with E-state index in [2.05, 4.69) is 10.1 Å². The summed E-state index contributed by atoms with van der Waals surface area (Å²) in [5.74, 6) is -0.789. The summed E-state index contributed by atoms with van der Waals surface area (Å²) < 4.78 is 31.6. The number of hydrogen-bond acceptors (Lipinski definition) is 5. The summed E-state index contributed by atoms with van der Waals surface area (Å²) in [6, 6.07) is 3.39. The van der Waals surface area contributed by atoms with Crippen LogP contribution in [0.4, 0.5) is 4.79 Å². The second kappa shape index (κ2) is 8.32. The van der Waals surface area contributed by atoms with Crippen LogP contribution in [0.2, 0.25) is 0 Å². The van der Waals surface area contributed by atoms with Gasteiger partial charge < -0.3 is 10.1 Å². The number of benzene rings is 1. The van der Waals surface area contributed by atoms with Gasteiger partial charge >= 0.3 is 12.0 Å². The number of sulfonamides is 1. The first-order valence-electron chi connectivity index (χ1n) is 6.50. The lowest BCUT2D eigenvalue weighted by molar-refractivity contribution is 0.0596. The Morgan fingerprint density at radius 3 is 2.59 bits per heavy atom. The fraction of sp³-hybridized carbons (Fsp3) is 0.385. The number of rotatable bonds is 6. The molecule has 0 atom stereocenters. The maximum atomic E-state index is 12.3. The average molecular weight is 440 g/mol. The van der Waals surface area contributed by atoms with Crippen molar-refractivity contribution >= 4 is 44.6 Å². The van der Waals surface area contributed by atoms with Gasteiger partial charge in [0.25, 0.3) is 10.0 Å². The first kappa shape index (κ1) is 18.7. The number of urea groups is 1. The normalized spacial score (nSPS) is 10.9. The number of hydrogen-bond donors (Lipinski definition) is 2. The van der Waals surface area contributed by atoms with Crippen molar-refractivity contribution in [3.63, 3.8) is 0 Å². The predicted octanol–water partition coefficient (Wildman–Crippen LogP) is 1.87. The number of amides is 2. The first-order chi connectivity index (χ1) is 10.3. The topological polar surface area (TPSA) is 102 Å². The number of carbonyl (C=O) groups is 2. The van der Waals surface area contributed by atoms with Crippen LogP contribution < -0.4 is 10.0 Å². The maximum Gasteiger partial charge on any atom is 0.339 e. The van der Waals surface area contributed by atoms with E-state index in [9.17, 15) is 18.0 Å². The molecule has 22 heavy (non-hydrogen) atoms. The number of carbonyl (C=O) groups excluding carboxylic acids is 2. The molecule has 122 valence electrons. The van der Waals surface area contributed by atoms with Crippen molar-refractivity contribution in [1.82, 2.24) is 10.0 Å². The quantitative estimate of drug-likeness (QED) is 0.400. The van der Waals surface area contributed by atoms with E-state index in [1.54, 1.807) is 6.07 Å². The third-order valence-electron chi connectivity index (χ3n) is 2.68. The van der Waals surface area contributed by atoms with Crippen LogP contribution in [0.15, 0.2) is 23.1 Å². The minimum absolute atomic E-state index is 0.128. The van der Waals surface area contributed by atoms with E-state index in [1.807, 2.05) is 34.2 Å². The number of unbranched alkanes of at least 4 members (excludes halogenated alkanes) is 1.